The number of anilines is 1. The molecule has 1 heterocycles. The van der Waals surface area contributed by atoms with Gasteiger partial charge in [-0.1, -0.05) is 11.6 Å². The molecule has 0 aliphatic rings. The third kappa shape index (κ3) is 3.62. The van der Waals surface area contributed by atoms with Crippen LogP contribution in [0.4, 0.5) is 10.1 Å². The van der Waals surface area contributed by atoms with Gasteiger partial charge >= 0.3 is 5.97 Å². The van der Waals surface area contributed by atoms with Crippen LogP contribution in [0.1, 0.15) is 10.5 Å². The Bertz CT molecular complexity index is 694. The quantitative estimate of drug-likeness (QED) is 0.860. The molecule has 2 aromatic rings. The molecule has 1 aromatic carbocycles. The molecule has 0 spiro atoms. The van der Waals surface area contributed by atoms with E-state index in [1.807, 2.05) is 0 Å². The molecule has 0 bridgehead atoms. The number of amides is 1. The average molecular weight is 376 g/mol. The Morgan fingerprint density at radius 3 is 2.76 bits per heavy atom. The summed E-state index contributed by atoms with van der Waals surface area (Å²) < 4.78 is 14.7. The Morgan fingerprint density at radius 2 is 2.14 bits per heavy atom. The number of nitrogens with zero attached hydrogens (tertiary/aromatic N) is 1. The highest BCUT2D eigenvalue weighted by atomic mass is 79.9. The summed E-state index contributed by atoms with van der Waals surface area (Å²) in [6, 6.07) is 5.15. The van der Waals surface area contributed by atoms with Gasteiger partial charge in [-0.05, 0) is 40.2 Å². The van der Waals surface area contributed by atoms with E-state index in [1.165, 1.54) is 29.0 Å². The summed E-state index contributed by atoms with van der Waals surface area (Å²) in [5.41, 5.74) is 0.224. The van der Waals surface area contributed by atoms with Crippen molar-refractivity contribution in [1.29, 1.82) is 0 Å². The highest BCUT2D eigenvalue weighted by Crippen LogP contribution is 2.31. The lowest BCUT2D eigenvalue weighted by atomic mass is 10.3. The number of aromatic nitrogens is 1. The number of carboxylic acid groups (broad SMARTS) is 1. The molecule has 0 unspecified atom stereocenters. The molecule has 8 heteroatoms. The van der Waals surface area contributed by atoms with Gasteiger partial charge in [-0.3, -0.25) is 4.79 Å². The van der Waals surface area contributed by atoms with E-state index >= 15 is 0 Å². The van der Waals surface area contributed by atoms with Gasteiger partial charge in [-0.25, -0.2) is 9.18 Å². The molecule has 1 amide bonds. The van der Waals surface area contributed by atoms with Gasteiger partial charge in [0.1, 0.15) is 18.1 Å². The van der Waals surface area contributed by atoms with Gasteiger partial charge in [0.2, 0.25) is 5.91 Å². The second-order valence-electron chi connectivity index (χ2n) is 4.12. The van der Waals surface area contributed by atoms with Crippen molar-refractivity contribution in [3.63, 3.8) is 0 Å². The van der Waals surface area contributed by atoms with Crippen LogP contribution >= 0.6 is 27.5 Å². The van der Waals surface area contributed by atoms with Gasteiger partial charge in [-0.2, -0.15) is 0 Å². The van der Waals surface area contributed by atoms with E-state index in [4.69, 9.17) is 16.7 Å². The highest BCUT2D eigenvalue weighted by Gasteiger charge is 2.14. The van der Waals surface area contributed by atoms with Crippen LogP contribution < -0.4 is 5.32 Å². The molecule has 2 rings (SSSR count). The van der Waals surface area contributed by atoms with Crippen LogP contribution in [0.5, 0.6) is 0 Å². The summed E-state index contributed by atoms with van der Waals surface area (Å²) in [5.74, 6) is -2.15. The van der Waals surface area contributed by atoms with E-state index in [0.29, 0.717) is 4.47 Å². The van der Waals surface area contributed by atoms with Gasteiger partial charge in [0.15, 0.2) is 0 Å². The molecule has 0 saturated heterocycles. The molecule has 0 fully saturated rings. The van der Waals surface area contributed by atoms with Gasteiger partial charge < -0.3 is 15.0 Å². The van der Waals surface area contributed by atoms with Gasteiger partial charge in [0.25, 0.3) is 0 Å². The Labute approximate surface area is 132 Å². The number of hydrogen-bond acceptors (Lipinski definition) is 2. The maximum atomic E-state index is 13.1. The van der Waals surface area contributed by atoms with Crippen molar-refractivity contribution in [3.05, 3.63) is 51.5 Å². The largest absolute Gasteiger partial charge is 0.477 e. The fraction of sp³-hybridized carbons (Fsp3) is 0.0769. The van der Waals surface area contributed by atoms with Crippen LogP contribution in [0.3, 0.4) is 0 Å². The normalized spacial score (nSPS) is 10.4. The van der Waals surface area contributed by atoms with Crippen LogP contribution in [0.15, 0.2) is 34.9 Å². The number of nitrogens with one attached hydrogen (secondary N) is 1. The number of halogens is 3. The predicted molar refractivity (Wildman–Crippen MR) is 79.1 cm³/mol. The number of carboxylic acids is 1. The smallest absolute Gasteiger partial charge is 0.352 e. The molecule has 0 aliphatic heterocycles. The fourth-order valence-electron chi connectivity index (χ4n) is 1.74. The van der Waals surface area contributed by atoms with Crippen molar-refractivity contribution in [2.75, 3.05) is 5.32 Å². The summed E-state index contributed by atoms with van der Waals surface area (Å²) in [6.45, 7) is -0.200. The molecule has 0 aliphatic carbocycles. The number of carbonyl (C=O) groups excluding carboxylic acids is 1. The van der Waals surface area contributed by atoms with Crippen LogP contribution in [0.2, 0.25) is 5.02 Å². The van der Waals surface area contributed by atoms with Crippen molar-refractivity contribution >= 4 is 45.1 Å². The van der Waals surface area contributed by atoms with Gasteiger partial charge in [0, 0.05) is 10.7 Å². The SMILES string of the molecule is O=C(Cn1cccc1C(=O)O)Nc1c(Cl)cc(F)cc1Br. The second-order valence-corrected chi connectivity index (χ2v) is 5.38. The number of benzene rings is 1. The summed E-state index contributed by atoms with van der Waals surface area (Å²) in [6.07, 6.45) is 1.48. The average Bonchev–Trinajstić information content (AvgIpc) is 2.82. The monoisotopic (exact) mass is 374 g/mol. The number of hydrogen-bond donors (Lipinski definition) is 2. The zero-order chi connectivity index (χ0) is 15.6. The Hall–Kier alpha value is -1.86. The first-order chi connectivity index (χ1) is 9.88. The minimum Gasteiger partial charge on any atom is -0.477 e. The molecule has 5 nitrogen and oxygen atoms in total. The van der Waals surface area contributed by atoms with E-state index in [9.17, 15) is 14.0 Å². The molecular weight excluding hydrogens is 367 g/mol. The van der Waals surface area contributed by atoms with E-state index < -0.39 is 17.7 Å². The molecular formula is C13H9BrClFN2O3. The van der Waals surface area contributed by atoms with Crippen molar-refractivity contribution in [3.8, 4) is 0 Å². The maximum absolute atomic E-state index is 13.1. The molecule has 110 valence electrons. The van der Waals surface area contributed by atoms with E-state index in [2.05, 4.69) is 21.2 Å². The van der Waals surface area contributed by atoms with Crippen molar-refractivity contribution in [2.45, 2.75) is 6.54 Å². The standard InChI is InChI=1S/C13H9BrClFN2O3/c14-8-4-7(16)5-9(15)12(8)17-11(19)6-18-3-1-2-10(18)13(20)21/h1-5H,6H2,(H,17,19)(H,20,21). The van der Waals surface area contributed by atoms with Gasteiger partial charge in [0.05, 0.1) is 10.7 Å². The van der Waals surface area contributed by atoms with Gasteiger partial charge in [-0.15, -0.1) is 0 Å². The van der Waals surface area contributed by atoms with Crippen molar-refractivity contribution in [1.82, 2.24) is 4.57 Å². The second kappa shape index (κ2) is 6.28. The maximum Gasteiger partial charge on any atom is 0.352 e. The zero-order valence-corrected chi connectivity index (χ0v) is 12.8. The zero-order valence-electron chi connectivity index (χ0n) is 10.4. The summed E-state index contributed by atoms with van der Waals surface area (Å²) >= 11 is 8.96. The van der Waals surface area contributed by atoms with Crippen LogP contribution in [0, 0.1) is 5.82 Å². The third-order valence-electron chi connectivity index (χ3n) is 2.63. The van der Waals surface area contributed by atoms with E-state index in [0.717, 1.165) is 6.07 Å². The lowest BCUT2D eigenvalue weighted by molar-refractivity contribution is -0.116. The summed E-state index contributed by atoms with van der Waals surface area (Å²) in [5, 5.41) is 11.5. The molecule has 2 N–H and O–H groups in total. The van der Waals surface area contributed by atoms with Crippen LogP contribution in [-0.4, -0.2) is 21.6 Å². The Balaban J connectivity index is 2.16. The van der Waals surface area contributed by atoms with Crippen molar-refractivity contribution in [2.24, 2.45) is 0 Å². The molecule has 1 aromatic heterocycles. The summed E-state index contributed by atoms with van der Waals surface area (Å²) in [7, 11) is 0. The lowest BCUT2D eigenvalue weighted by Crippen LogP contribution is -2.21. The first-order valence-corrected chi connectivity index (χ1v) is 6.88. The van der Waals surface area contributed by atoms with Crippen LogP contribution in [-0.2, 0) is 11.3 Å². The van der Waals surface area contributed by atoms with E-state index in [1.54, 1.807) is 0 Å². The molecule has 0 radical (unpaired) electrons. The molecule has 0 saturated carbocycles. The number of rotatable bonds is 4. The fourth-order valence-corrected chi connectivity index (χ4v) is 2.64. The lowest BCUT2D eigenvalue weighted by Gasteiger charge is -2.11. The van der Waals surface area contributed by atoms with E-state index in [-0.39, 0.29) is 22.9 Å². The molecule has 21 heavy (non-hydrogen) atoms. The summed E-state index contributed by atoms with van der Waals surface area (Å²) in [4.78, 5) is 22.9. The number of aromatic carboxylic acids is 1. The highest BCUT2D eigenvalue weighted by molar-refractivity contribution is 9.10. The van der Waals surface area contributed by atoms with Crippen molar-refractivity contribution < 1.29 is 19.1 Å². The topological polar surface area (TPSA) is 71.3 Å². The Kier molecular flexibility index (Phi) is 4.64. The first-order valence-electron chi connectivity index (χ1n) is 5.71. The first kappa shape index (κ1) is 15.5. The minimum atomic E-state index is -1.13. The van der Waals surface area contributed by atoms with Crippen LogP contribution in [0.25, 0.3) is 0 Å². The Morgan fingerprint density at radius 1 is 1.43 bits per heavy atom. The molecule has 0 atom stereocenters. The minimum absolute atomic E-state index is 0.00517. The number of carbonyl (C=O) groups is 2. The predicted octanol–water partition coefficient (Wildman–Crippen LogP) is 3.38. The third-order valence-corrected chi connectivity index (χ3v) is 3.56.